The molecule has 3 heteroatoms. The van der Waals surface area contributed by atoms with Gasteiger partial charge in [0.1, 0.15) is 0 Å². The summed E-state index contributed by atoms with van der Waals surface area (Å²) in [6, 6.07) is 2.65. The maximum Gasteiger partial charge on any atom is 0.0635 e. The molecule has 0 spiro atoms. The van der Waals surface area contributed by atoms with E-state index >= 15 is 0 Å². The summed E-state index contributed by atoms with van der Waals surface area (Å²) in [6.45, 7) is 12.5. The van der Waals surface area contributed by atoms with E-state index in [1.807, 2.05) is 6.92 Å². The standard InChI is InChI=1S/C12H25N3/c1-6-15(9-7-8-13)11(10(2)14)12(3,4)5/h10-11H,6-7,9,14H2,1-5H3. The molecular weight excluding hydrogens is 186 g/mol. The molecule has 0 aromatic carbocycles. The van der Waals surface area contributed by atoms with Crippen LogP contribution in [0.3, 0.4) is 0 Å². The monoisotopic (exact) mass is 211 g/mol. The van der Waals surface area contributed by atoms with Crippen LogP contribution in [0.4, 0.5) is 0 Å². The lowest BCUT2D eigenvalue weighted by Gasteiger charge is -2.42. The summed E-state index contributed by atoms with van der Waals surface area (Å²) in [7, 11) is 0. The number of nitriles is 1. The lowest BCUT2D eigenvalue weighted by Crippen LogP contribution is -2.53. The van der Waals surface area contributed by atoms with Gasteiger partial charge in [0.25, 0.3) is 0 Å². The smallest absolute Gasteiger partial charge is 0.0635 e. The maximum absolute atomic E-state index is 8.63. The fourth-order valence-electron chi connectivity index (χ4n) is 2.36. The summed E-state index contributed by atoms with van der Waals surface area (Å²) in [5, 5.41) is 8.63. The van der Waals surface area contributed by atoms with Crippen LogP contribution in [0.1, 0.15) is 41.0 Å². The van der Waals surface area contributed by atoms with Gasteiger partial charge in [0.2, 0.25) is 0 Å². The Labute approximate surface area is 94.2 Å². The number of hydrogen-bond acceptors (Lipinski definition) is 3. The third kappa shape index (κ3) is 4.63. The molecule has 0 aliphatic carbocycles. The predicted molar refractivity (Wildman–Crippen MR) is 64.4 cm³/mol. The average Bonchev–Trinajstić information content (AvgIpc) is 2.08. The molecule has 0 amide bonds. The minimum absolute atomic E-state index is 0.128. The quantitative estimate of drug-likeness (QED) is 0.756. The van der Waals surface area contributed by atoms with Crippen molar-refractivity contribution in [3.63, 3.8) is 0 Å². The summed E-state index contributed by atoms with van der Waals surface area (Å²) in [6.07, 6.45) is 0.577. The van der Waals surface area contributed by atoms with Crippen LogP contribution >= 0.6 is 0 Å². The van der Waals surface area contributed by atoms with Crippen molar-refractivity contribution in [1.29, 1.82) is 5.26 Å². The fourth-order valence-corrected chi connectivity index (χ4v) is 2.36. The SMILES string of the molecule is CCN(CCC#N)C(C(C)N)C(C)(C)C. The van der Waals surface area contributed by atoms with E-state index < -0.39 is 0 Å². The summed E-state index contributed by atoms with van der Waals surface area (Å²) < 4.78 is 0. The lowest BCUT2D eigenvalue weighted by molar-refractivity contribution is 0.0887. The van der Waals surface area contributed by atoms with E-state index in [4.69, 9.17) is 11.0 Å². The first kappa shape index (κ1) is 14.4. The van der Waals surface area contributed by atoms with Crippen LogP contribution in [0.2, 0.25) is 0 Å². The van der Waals surface area contributed by atoms with E-state index in [0.29, 0.717) is 12.5 Å². The van der Waals surface area contributed by atoms with E-state index in [9.17, 15) is 0 Å². The second-order valence-electron chi connectivity index (χ2n) is 5.21. The molecule has 0 aromatic rings. The number of nitrogens with zero attached hydrogens (tertiary/aromatic N) is 2. The van der Waals surface area contributed by atoms with Crippen molar-refractivity contribution in [1.82, 2.24) is 4.90 Å². The molecule has 0 fully saturated rings. The molecule has 0 heterocycles. The Bertz CT molecular complexity index is 210. The molecular formula is C12H25N3. The Morgan fingerprint density at radius 3 is 2.20 bits per heavy atom. The molecule has 2 unspecified atom stereocenters. The van der Waals surface area contributed by atoms with Crippen LogP contribution in [0, 0.1) is 16.7 Å². The highest BCUT2D eigenvalue weighted by molar-refractivity contribution is 4.89. The molecule has 2 N–H and O–H groups in total. The Morgan fingerprint density at radius 1 is 1.40 bits per heavy atom. The summed E-state index contributed by atoms with van der Waals surface area (Å²) >= 11 is 0. The van der Waals surface area contributed by atoms with Crippen LogP contribution in [0.25, 0.3) is 0 Å². The fraction of sp³-hybridized carbons (Fsp3) is 0.917. The van der Waals surface area contributed by atoms with Crippen LogP contribution in [0.15, 0.2) is 0 Å². The Hall–Kier alpha value is -0.590. The number of nitrogens with two attached hydrogens (primary N) is 1. The van der Waals surface area contributed by atoms with Gasteiger partial charge in [-0.1, -0.05) is 27.7 Å². The normalized spacial score (nSPS) is 16.1. The van der Waals surface area contributed by atoms with Gasteiger partial charge >= 0.3 is 0 Å². The molecule has 0 aromatic heterocycles. The molecule has 0 radical (unpaired) electrons. The number of rotatable bonds is 5. The highest BCUT2D eigenvalue weighted by Crippen LogP contribution is 2.26. The Kier molecular flexibility index (Phi) is 5.85. The van der Waals surface area contributed by atoms with Gasteiger partial charge in [-0.15, -0.1) is 0 Å². The molecule has 3 nitrogen and oxygen atoms in total. The molecule has 15 heavy (non-hydrogen) atoms. The van der Waals surface area contributed by atoms with Crippen LogP contribution < -0.4 is 5.73 Å². The second-order valence-corrected chi connectivity index (χ2v) is 5.21. The van der Waals surface area contributed by atoms with E-state index in [2.05, 4.69) is 38.7 Å². The molecule has 2 atom stereocenters. The van der Waals surface area contributed by atoms with Crippen molar-refractivity contribution in [2.24, 2.45) is 11.1 Å². The molecule has 0 saturated carbocycles. The number of likely N-dealkylation sites (N-methyl/N-ethyl adjacent to an activating group) is 1. The zero-order valence-corrected chi connectivity index (χ0v) is 10.7. The van der Waals surface area contributed by atoms with Gasteiger partial charge in [-0.25, -0.2) is 0 Å². The molecule has 88 valence electrons. The largest absolute Gasteiger partial charge is 0.327 e. The zero-order valence-electron chi connectivity index (χ0n) is 10.7. The third-order valence-electron chi connectivity index (χ3n) is 2.70. The summed E-state index contributed by atoms with van der Waals surface area (Å²) in [5.74, 6) is 0. The predicted octanol–water partition coefficient (Wildman–Crippen LogP) is 1.98. The Morgan fingerprint density at radius 2 is 1.93 bits per heavy atom. The summed E-state index contributed by atoms with van der Waals surface area (Å²) in [4.78, 5) is 2.31. The lowest BCUT2D eigenvalue weighted by atomic mass is 9.81. The first-order valence-corrected chi connectivity index (χ1v) is 5.71. The van der Waals surface area contributed by atoms with Crippen LogP contribution in [-0.4, -0.2) is 30.1 Å². The van der Waals surface area contributed by atoms with E-state index in [-0.39, 0.29) is 11.5 Å². The second kappa shape index (κ2) is 6.09. The molecule has 0 aliphatic heterocycles. The number of hydrogen-bond donors (Lipinski definition) is 1. The average molecular weight is 211 g/mol. The Balaban J connectivity index is 4.65. The molecule has 0 aliphatic rings. The van der Waals surface area contributed by atoms with Crippen molar-refractivity contribution in [3.05, 3.63) is 0 Å². The van der Waals surface area contributed by atoms with Crippen molar-refractivity contribution in [2.45, 2.75) is 53.1 Å². The van der Waals surface area contributed by atoms with E-state index in [1.165, 1.54) is 0 Å². The molecule has 0 bridgehead atoms. The van der Waals surface area contributed by atoms with Gasteiger partial charge in [0.15, 0.2) is 0 Å². The zero-order chi connectivity index (χ0) is 12.1. The highest BCUT2D eigenvalue weighted by Gasteiger charge is 2.32. The highest BCUT2D eigenvalue weighted by atomic mass is 15.2. The van der Waals surface area contributed by atoms with Crippen molar-refractivity contribution >= 4 is 0 Å². The summed E-state index contributed by atoms with van der Waals surface area (Å²) in [5.41, 5.74) is 6.20. The van der Waals surface area contributed by atoms with Gasteiger partial charge in [0.05, 0.1) is 6.07 Å². The minimum atomic E-state index is 0.128. The van der Waals surface area contributed by atoms with Crippen LogP contribution in [0.5, 0.6) is 0 Å². The maximum atomic E-state index is 8.63. The van der Waals surface area contributed by atoms with Crippen molar-refractivity contribution in [3.8, 4) is 6.07 Å². The van der Waals surface area contributed by atoms with Crippen molar-refractivity contribution in [2.75, 3.05) is 13.1 Å². The van der Waals surface area contributed by atoms with Gasteiger partial charge < -0.3 is 5.73 Å². The van der Waals surface area contributed by atoms with Crippen LogP contribution in [-0.2, 0) is 0 Å². The van der Waals surface area contributed by atoms with E-state index in [0.717, 1.165) is 13.1 Å². The van der Waals surface area contributed by atoms with Gasteiger partial charge in [0, 0.05) is 25.0 Å². The third-order valence-corrected chi connectivity index (χ3v) is 2.70. The van der Waals surface area contributed by atoms with Gasteiger partial charge in [-0.2, -0.15) is 5.26 Å². The van der Waals surface area contributed by atoms with E-state index in [1.54, 1.807) is 0 Å². The molecule has 0 saturated heterocycles. The minimum Gasteiger partial charge on any atom is -0.327 e. The first-order chi connectivity index (χ1) is 6.84. The molecule has 0 rings (SSSR count). The first-order valence-electron chi connectivity index (χ1n) is 5.71. The topological polar surface area (TPSA) is 53.0 Å². The van der Waals surface area contributed by atoms with Gasteiger partial charge in [-0.3, -0.25) is 4.90 Å². The van der Waals surface area contributed by atoms with Crippen molar-refractivity contribution < 1.29 is 0 Å². The van der Waals surface area contributed by atoms with Gasteiger partial charge in [-0.05, 0) is 18.9 Å².